The fourth-order valence-corrected chi connectivity index (χ4v) is 2.17. The number of aromatic nitrogens is 2. The summed E-state index contributed by atoms with van der Waals surface area (Å²) in [4.78, 5) is 0. The Bertz CT molecular complexity index is 315. The van der Waals surface area contributed by atoms with Gasteiger partial charge in [0.15, 0.2) is 0 Å². The number of aryl methyl sites for hydroxylation is 1. The summed E-state index contributed by atoms with van der Waals surface area (Å²) in [6.07, 6.45) is 5.29. The molecule has 1 fully saturated rings. The molecule has 4 nitrogen and oxygen atoms in total. The second-order valence-corrected chi connectivity index (χ2v) is 4.13. The Labute approximate surface area is 83.7 Å². The maximum atomic E-state index is 9.36. The molecule has 14 heavy (non-hydrogen) atoms. The van der Waals surface area contributed by atoms with Crippen molar-refractivity contribution in [3.63, 3.8) is 0 Å². The van der Waals surface area contributed by atoms with Crippen LogP contribution in [0.2, 0.25) is 0 Å². The molecule has 3 N–H and O–H groups in total. The zero-order chi connectivity index (χ0) is 10.2. The lowest BCUT2D eigenvalue weighted by atomic mass is 9.63. The third-order valence-corrected chi connectivity index (χ3v) is 3.21. The van der Waals surface area contributed by atoms with Gasteiger partial charge >= 0.3 is 0 Å². The fraction of sp³-hybridized carbons (Fsp3) is 0.700. The van der Waals surface area contributed by atoms with E-state index in [1.165, 1.54) is 5.56 Å². The SMILES string of the molecule is CCn1cc(C2(CN)CC(O)C2)cn1. The molecule has 0 amide bonds. The summed E-state index contributed by atoms with van der Waals surface area (Å²) in [6.45, 7) is 3.53. The van der Waals surface area contributed by atoms with Crippen LogP contribution in [0.25, 0.3) is 0 Å². The lowest BCUT2D eigenvalue weighted by molar-refractivity contribution is 0.0221. The van der Waals surface area contributed by atoms with E-state index in [1.807, 2.05) is 17.1 Å². The first-order valence-electron chi connectivity index (χ1n) is 5.11. The minimum Gasteiger partial charge on any atom is -0.393 e. The minimum absolute atomic E-state index is 0.00711. The van der Waals surface area contributed by atoms with Crippen LogP contribution in [0, 0.1) is 0 Å². The van der Waals surface area contributed by atoms with Crippen molar-refractivity contribution >= 4 is 0 Å². The zero-order valence-corrected chi connectivity index (χ0v) is 8.48. The molecule has 4 heteroatoms. The number of hydrogen-bond donors (Lipinski definition) is 2. The molecule has 2 rings (SSSR count). The monoisotopic (exact) mass is 195 g/mol. The van der Waals surface area contributed by atoms with Gasteiger partial charge in [0.2, 0.25) is 0 Å². The number of hydrogen-bond acceptors (Lipinski definition) is 3. The normalized spacial score (nSPS) is 31.5. The van der Waals surface area contributed by atoms with E-state index >= 15 is 0 Å². The predicted octanol–water partition coefficient (Wildman–Crippen LogP) is 0.254. The molecule has 0 aromatic carbocycles. The van der Waals surface area contributed by atoms with Gasteiger partial charge in [0.25, 0.3) is 0 Å². The Morgan fingerprint density at radius 2 is 2.43 bits per heavy atom. The first-order valence-corrected chi connectivity index (χ1v) is 5.11. The van der Waals surface area contributed by atoms with Gasteiger partial charge < -0.3 is 10.8 Å². The third-order valence-electron chi connectivity index (χ3n) is 3.21. The van der Waals surface area contributed by atoms with Gasteiger partial charge in [-0.05, 0) is 25.3 Å². The van der Waals surface area contributed by atoms with Gasteiger partial charge in [-0.2, -0.15) is 5.10 Å². The lowest BCUT2D eigenvalue weighted by Crippen LogP contribution is -2.49. The number of nitrogens with zero attached hydrogens (tertiary/aromatic N) is 2. The smallest absolute Gasteiger partial charge is 0.0558 e. The summed E-state index contributed by atoms with van der Waals surface area (Å²) < 4.78 is 1.90. The molecule has 1 aliphatic rings. The van der Waals surface area contributed by atoms with E-state index in [0.29, 0.717) is 6.54 Å². The molecule has 0 unspecified atom stereocenters. The first-order chi connectivity index (χ1) is 6.70. The maximum Gasteiger partial charge on any atom is 0.0558 e. The maximum absolute atomic E-state index is 9.36. The van der Waals surface area contributed by atoms with E-state index in [1.54, 1.807) is 0 Å². The van der Waals surface area contributed by atoms with Crippen LogP contribution in [0.1, 0.15) is 25.3 Å². The van der Waals surface area contributed by atoms with Gasteiger partial charge in [-0.3, -0.25) is 4.68 Å². The minimum atomic E-state index is -0.177. The van der Waals surface area contributed by atoms with Gasteiger partial charge in [-0.1, -0.05) is 0 Å². The van der Waals surface area contributed by atoms with Crippen LogP contribution >= 0.6 is 0 Å². The summed E-state index contributed by atoms with van der Waals surface area (Å²) in [6, 6.07) is 0. The number of aliphatic hydroxyl groups excluding tert-OH is 1. The average molecular weight is 195 g/mol. The van der Waals surface area contributed by atoms with Crippen molar-refractivity contribution in [1.29, 1.82) is 0 Å². The number of nitrogens with two attached hydrogens (primary N) is 1. The van der Waals surface area contributed by atoms with Crippen LogP contribution in [0.15, 0.2) is 12.4 Å². The number of rotatable bonds is 3. The molecular formula is C10H17N3O. The molecule has 0 radical (unpaired) electrons. The van der Waals surface area contributed by atoms with E-state index in [2.05, 4.69) is 12.0 Å². The quantitative estimate of drug-likeness (QED) is 0.727. The highest BCUT2D eigenvalue weighted by Gasteiger charge is 2.44. The van der Waals surface area contributed by atoms with Crippen molar-refractivity contribution < 1.29 is 5.11 Å². The highest BCUT2D eigenvalue weighted by Crippen LogP contribution is 2.42. The van der Waals surface area contributed by atoms with E-state index < -0.39 is 0 Å². The molecule has 1 saturated carbocycles. The Morgan fingerprint density at radius 3 is 2.86 bits per heavy atom. The lowest BCUT2D eigenvalue weighted by Gasteiger charge is -2.44. The van der Waals surface area contributed by atoms with Crippen LogP contribution in [-0.2, 0) is 12.0 Å². The first kappa shape index (κ1) is 9.68. The molecule has 1 aromatic rings. The van der Waals surface area contributed by atoms with Crippen LogP contribution < -0.4 is 5.73 Å². The molecule has 0 atom stereocenters. The largest absolute Gasteiger partial charge is 0.393 e. The highest BCUT2D eigenvalue weighted by atomic mass is 16.3. The van der Waals surface area contributed by atoms with E-state index in [9.17, 15) is 5.11 Å². The van der Waals surface area contributed by atoms with Crippen LogP contribution in [0.5, 0.6) is 0 Å². The molecular weight excluding hydrogens is 178 g/mol. The predicted molar refractivity (Wildman–Crippen MR) is 53.9 cm³/mol. The Balaban J connectivity index is 2.20. The molecule has 0 saturated heterocycles. The molecule has 1 heterocycles. The molecule has 0 bridgehead atoms. The van der Waals surface area contributed by atoms with Crippen LogP contribution in [0.3, 0.4) is 0 Å². The van der Waals surface area contributed by atoms with Gasteiger partial charge in [0, 0.05) is 24.7 Å². The summed E-state index contributed by atoms with van der Waals surface area (Å²) in [5, 5.41) is 13.6. The number of aliphatic hydroxyl groups is 1. The third kappa shape index (κ3) is 1.35. The zero-order valence-electron chi connectivity index (χ0n) is 8.48. The van der Waals surface area contributed by atoms with Gasteiger partial charge in [0.05, 0.1) is 12.3 Å². The van der Waals surface area contributed by atoms with E-state index in [4.69, 9.17) is 5.73 Å². The van der Waals surface area contributed by atoms with Gasteiger partial charge in [-0.25, -0.2) is 0 Å². The summed E-state index contributed by atoms with van der Waals surface area (Å²) in [7, 11) is 0. The van der Waals surface area contributed by atoms with Gasteiger partial charge in [0.1, 0.15) is 0 Å². The molecule has 0 aliphatic heterocycles. The second-order valence-electron chi connectivity index (χ2n) is 4.13. The Kier molecular flexibility index (Phi) is 2.33. The van der Waals surface area contributed by atoms with Gasteiger partial charge in [-0.15, -0.1) is 0 Å². The van der Waals surface area contributed by atoms with Crippen molar-refractivity contribution in [2.75, 3.05) is 6.54 Å². The van der Waals surface area contributed by atoms with E-state index in [0.717, 1.165) is 19.4 Å². The summed E-state index contributed by atoms with van der Waals surface area (Å²) >= 11 is 0. The highest BCUT2D eigenvalue weighted by molar-refractivity contribution is 5.25. The van der Waals surface area contributed by atoms with Crippen molar-refractivity contribution in [3.05, 3.63) is 18.0 Å². The Morgan fingerprint density at radius 1 is 1.71 bits per heavy atom. The summed E-state index contributed by atoms with van der Waals surface area (Å²) in [5.41, 5.74) is 6.93. The van der Waals surface area contributed by atoms with Crippen molar-refractivity contribution in [3.8, 4) is 0 Å². The van der Waals surface area contributed by atoms with Crippen molar-refractivity contribution in [2.24, 2.45) is 5.73 Å². The fourth-order valence-electron chi connectivity index (χ4n) is 2.17. The van der Waals surface area contributed by atoms with E-state index in [-0.39, 0.29) is 11.5 Å². The Hall–Kier alpha value is -0.870. The van der Waals surface area contributed by atoms with Crippen molar-refractivity contribution in [2.45, 2.75) is 37.8 Å². The second kappa shape index (κ2) is 3.37. The molecule has 1 aromatic heterocycles. The molecule has 0 spiro atoms. The molecule has 78 valence electrons. The van der Waals surface area contributed by atoms with Crippen LogP contribution in [-0.4, -0.2) is 27.5 Å². The molecule has 1 aliphatic carbocycles. The summed E-state index contributed by atoms with van der Waals surface area (Å²) in [5.74, 6) is 0. The standard InChI is InChI=1S/C10H17N3O/c1-2-13-6-8(5-12-13)10(7-11)3-9(14)4-10/h5-6,9,14H,2-4,7,11H2,1H3. The van der Waals surface area contributed by atoms with Crippen LogP contribution in [0.4, 0.5) is 0 Å². The topological polar surface area (TPSA) is 64.1 Å². The van der Waals surface area contributed by atoms with Crippen molar-refractivity contribution in [1.82, 2.24) is 9.78 Å². The average Bonchev–Trinajstić information content (AvgIpc) is 2.61.